The molecule has 29 heavy (non-hydrogen) atoms. The van der Waals surface area contributed by atoms with Crippen LogP contribution in [0.3, 0.4) is 0 Å². The van der Waals surface area contributed by atoms with E-state index in [0.717, 1.165) is 43.2 Å². The number of halogens is 3. The summed E-state index contributed by atoms with van der Waals surface area (Å²) < 4.78 is 46.7. The molecule has 0 saturated carbocycles. The summed E-state index contributed by atoms with van der Waals surface area (Å²) in [4.78, 5) is 6.34. The molecule has 1 atom stereocenters. The second kappa shape index (κ2) is 9.30. The predicted molar refractivity (Wildman–Crippen MR) is 105 cm³/mol. The number of nitrogens with zero attached hydrogens (tertiary/aromatic N) is 4. The molecule has 1 saturated heterocycles. The van der Waals surface area contributed by atoms with Crippen molar-refractivity contribution in [2.45, 2.75) is 32.2 Å². The first kappa shape index (κ1) is 21.2. The molecule has 3 rings (SSSR count). The summed E-state index contributed by atoms with van der Waals surface area (Å²) in [6.07, 6.45) is -0.0993. The van der Waals surface area contributed by atoms with Gasteiger partial charge in [0.1, 0.15) is 6.10 Å². The number of ether oxygens (including phenoxy) is 1. The first-order valence-electron chi connectivity index (χ1n) is 9.60. The fourth-order valence-corrected chi connectivity index (χ4v) is 3.32. The lowest BCUT2D eigenvalue weighted by atomic mass is 10.0. The average Bonchev–Trinajstić information content (AvgIpc) is 3.13. The minimum Gasteiger partial charge on any atom is -0.370 e. The van der Waals surface area contributed by atoms with E-state index in [0.29, 0.717) is 25.3 Å². The second-order valence-electron chi connectivity index (χ2n) is 7.04. The average molecular weight is 409 g/mol. The summed E-state index contributed by atoms with van der Waals surface area (Å²) in [5.41, 5.74) is 0.990. The molecule has 1 N–H and O–H groups in total. The van der Waals surface area contributed by atoms with E-state index in [1.807, 2.05) is 28.9 Å². The van der Waals surface area contributed by atoms with Crippen LogP contribution in [-0.2, 0) is 17.5 Å². The Hall–Kier alpha value is -2.55. The number of guanidine groups is 1. The van der Waals surface area contributed by atoms with Gasteiger partial charge in [-0.2, -0.15) is 18.3 Å². The van der Waals surface area contributed by atoms with E-state index in [2.05, 4.69) is 15.4 Å². The van der Waals surface area contributed by atoms with Gasteiger partial charge in [0.05, 0.1) is 24.9 Å². The van der Waals surface area contributed by atoms with Crippen LogP contribution in [0.4, 0.5) is 13.2 Å². The maximum atomic E-state index is 13.0. The van der Waals surface area contributed by atoms with Gasteiger partial charge >= 0.3 is 6.18 Å². The number of aryl methyl sites for hydroxylation is 2. The van der Waals surface area contributed by atoms with Crippen LogP contribution in [0.5, 0.6) is 0 Å². The lowest BCUT2D eigenvalue weighted by Gasteiger charge is -2.35. The zero-order chi connectivity index (χ0) is 20.9. The smallest absolute Gasteiger partial charge is 0.370 e. The molecule has 0 bridgehead atoms. The van der Waals surface area contributed by atoms with Crippen molar-refractivity contribution < 1.29 is 17.9 Å². The molecular formula is C20H26F3N5O. The van der Waals surface area contributed by atoms with E-state index in [4.69, 9.17) is 4.74 Å². The summed E-state index contributed by atoms with van der Waals surface area (Å²) in [6.45, 7) is 5.02. The molecule has 0 aliphatic carbocycles. The number of aromatic nitrogens is 2. The van der Waals surface area contributed by atoms with Gasteiger partial charge in [-0.3, -0.25) is 9.67 Å². The monoisotopic (exact) mass is 409 g/mol. The van der Waals surface area contributed by atoms with Crippen molar-refractivity contribution in [3.8, 4) is 0 Å². The van der Waals surface area contributed by atoms with E-state index in [-0.39, 0.29) is 0 Å². The van der Waals surface area contributed by atoms with Gasteiger partial charge in [0, 0.05) is 32.9 Å². The Bertz CT molecular complexity index is 834. The third-order valence-electron chi connectivity index (χ3n) is 4.77. The largest absolute Gasteiger partial charge is 0.416 e. The summed E-state index contributed by atoms with van der Waals surface area (Å²) in [5, 5.41) is 7.58. The van der Waals surface area contributed by atoms with Gasteiger partial charge in [-0.15, -0.1) is 0 Å². The minimum absolute atomic E-state index is 0.425. The van der Waals surface area contributed by atoms with Crippen molar-refractivity contribution >= 4 is 5.96 Å². The van der Waals surface area contributed by atoms with Crippen LogP contribution in [0.2, 0.25) is 0 Å². The summed E-state index contributed by atoms with van der Waals surface area (Å²) >= 11 is 0. The first-order chi connectivity index (χ1) is 13.9. The van der Waals surface area contributed by atoms with Crippen molar-refractivity contribution in [1.29, 1.82) is 0 Å². The van der Waals surface area contributed by atoms with E-state index in [9.17, 15) is 13.2 Å². The predicted octanol–water partition coefficient (Wildman–Crippen LogP) is 3.25. The number of hydrogen-bond acceptors (Lipinski definition) is 3. The topological polar surface area (TPSA) is 54.7 Å². The van der Waals surface area contributed by atoms with Gasteiger partial charge in [-0.05, 0) is 36.6 Å². The molecule has 158 valence electrons. The van der Waals surface area contributed by atoms with Crippen LogP contribution in [0.25, 0.3) is 0 Å². The highest BCUT2D eigenvalue weighted by molar-refractivity contribution is 5.80. The van der Waals surface area contributed by atoms with E-state index < -0.39 is 17.8 Å². The number of morpholine rings is 1. The molecule has 1 fully saturated rings. The Balaban J connectivity index is 1.56. The summed E-state index contributed by atoms with van der Waals surface area (Å²) in [5.74, 6) is 0.724. The van der Waals surface area contributed by atoms with Crippen LogP contribution in [0, 0.1) is 6.92 Å². The highest BCUT2D eigenvalue weighted by atomic mass is 19.4. The van der Waals surface area contributed by atoms with Crippen molar-refractivity contribution in [3.05, 3.63) is 53.3 Å². The Labute approximate surface area is 168 Å². The van der Waals surface area contributed by atoms with Crippen molar-refractivity contribution in [2.75, 3.05) is 33.3 Å². The highest BCUT2D eigenvalue weighted by Gasteiger charge is 2.32. The third kappa shape index (κ3) is 5.72. The fraction of sp³-hybridized carbons (Fsp3) is 0.500. The molecular weight excluding hydrogens is 383 g/mol. The third-order valence-corrected chi connectivity index (χ3v) is 4.77. The number of aliphatic imine (C=N–C) groups is 1. The van der Waals surface area contributed by atoms with Gasteiger partial charge in [0.15, 0.2) is 5.96 Å². The molecule has 1 unspecified atom stereocenters. The molecule has 9 heteroatoms. The number of rotatable bonds is 5. The molecule has 2 aromatic rings. The maximum absolute atomic E-state index is 13.0. The van der Waals surface area contributed by atoms with Crippen LogP contribution in [-0.4, -0.2) is 53.9 Å². The molecule has 0 amide bonds. The Morgan fingerprint density at radius 1 is 1.38 bits per heavy atom. The van der Waals surface area contributed by atoms with Crippen LogP contribution >= 0.6 is 0 Å². The quantitative estimate of drug-likeness (QED) is 0.468. The number of nitrogens with one attached hydrogen (secondary N) is 1. The molecule has 1 aromatic heterocycles. The van der Waals surface area contributed by atoms with Crippen molar-refractivity contribution in [2.24, 2.45) is 4.99 Å². The first-order valence-corrected chi connectivity index (χ1v) is 9.60. The number of benzene rings is 1. The minimum atomic E-state index is -4.37. The van der Waals surface area contributed by atoms with E-state index in [1.165, 1.54) is 6.07 Å². The molecule has 1 aromatic carbocycles. The van der Waals surface area contributed by atoms with Crippen LogP contribution in [0.15, 0.2) is 41.7 Å². The fourth-order valence-electron chi connectivity index (χ4n) is 3.32. The highest BCUT2D eigenvalue weighted by Crippen LogP contribution is 2.32. The van der Waals surface area contributed by atoms with Gasteiger partial charge in [0.25, 0.3) is 0 Å². The molecule has 1 aliphatic heterocycles. The molecule has 6 nitrogen and oxygen atoms in total. The standard InChI is InChI=1S/C20H26F3N5O/c1-15-12-26-28(13-15)8-4-7-25-19(24-2)27-9-10-29-18(14-27)16-5-3-6-17(11-16)20(21,22)23/h3,5-6,11-13,18H,4,7-10,14H2,1-2H3,(H,24,25). The van der Waals surface area contributed by atoms with Gasteiger partial charge < -0.3 is 15.0 Å². The Morgan fingerprint density at radius 2 is 2.21 bits per heavy atom. The summed E-state index contributed by atoms with van der Waals surface area (Å²) in [7, 11) is 1.70. The van der Waals surface area contributed by atoms with Gasteiger partial charge in [-0.25, -0.2) is 0 Å². The lowest BCUT2D eigenvalue weighted by Crippen LogP contribution is -2.48. The normalized spacial score (nSPS) is 18.2. The molecule has 2 heterocycles. The Kier molecular flexibility index (Phi) is 6.79. The van der Waals surface area contributed by atoms with E-state index >= 15 is 0 Å². The van der Waals surface area contributed by atoms with Gasteiger partial charge in [0.2, 0.25) is 0 Å². The Morgan fingerprint density at radius 3 is 2.90 bits per heavy atom. The number of alkyl halides is 3. The maximum Gasteiger partial charge on any atom is 0.416 e. The molecule has 0 spiro atoms. The van der Waals surface area contributed by atoms with Crippen molar-refractivity contribution in [1.82, 2.24) is 20.0 Å². The van der Waals surface area contributed by atoms with Crippen molar-refractivity contribution in [3.63, 3.8) is 0 Å². The zero-order valence-corrected chi connectivity index (χ0v) is 16.6. The summed E-state index contributed by atoms with van der Waals surface area (Å²) in [6, 6.07) is 5.33. The molecule has 0 radical (unpaired) electrons. The van der Waals surface area contributed by atoms with E-state index in [1.54, 1.807) is 13.1 Å². The molecule has 1 aliphatic rings. The van der Waals surface area contributed by atoms with Crippen LogP contribution in [0.1, 0.15) is 29.2 Å². The lowest BCUT2D eigenvalue weighted by molar-refractivity contribution is -0.137. The van der Waals surface area contributed by atoms with Crippen LogP contribution < -0.4 is 5.32 Å². The SMILES string of the molecule is CN=C(NCCCn1cc(C)cn1)N1CCOC(c2cccc(C(F)(F)F)c2)C1. The number of hydrogen-bond donors (Lipinski definition) is 1. The van der Waals surface area contributed by atoms with Gasteiger partial charge in [-0.1, -0.05) is 12.1 Å². The zero-order valence-electron chi connectivity index (χ0n) is 16.6. The second-order valence-corrected chi connectivity index (χ2v) is 7.04.